The number of piperidine rings is 1. The fraction of sp³-hybridized carbons (Fsp3) is 0.294. The van der Waals surface area contributed by atoms with Crippen molar-refractivity contribution in [3.8, 4) is 0 Å². The van der Waals surface area contributed by atoms with Crippen molar-refractivity contribution in [2.45, 2.75) is 12.8 Å². The van der Waals surface area contributed by atoms with Crippen LogP contribution in [0.15, 0.2) is 36.5 Å². The number of H-pyrrole nitrogens is 1. The van der Waals surface area contributed by atoms with Crippen LogP contribution in [-0.4, -0.2) is 29.3 Å². The number of aromatic nitrogens is 2. The van der Waals surface area contributed by atoms with Crippen molar-refractivity contribution in [2.24, 2.45) is 5.92 Å². The number of para-hydroxylation sites is 1. The molecule has 4 rings (SSSR count). The zero-order valence-electron chi connectivity index (χ0n) is 11.7. The van der Waals surface area contributed by atoms with Crippen LogP contribution in [0, 0.1) is 5.92 Å². The summed E-state index contributed by atoms with van der Waals surface area (Å²) < 4.78 is 0. The highest BCUT2D eigenvalue weighted by Crippen LogP contribution is 2.32. The molecule has 0 spiro atoms. The number of carbonyl (C=O) groups is 1. The first-order valence-electron chi connectivity index (χ1n) is 7.42. The number of benzene rings is 1. The molecule has 1 aliphatic heterocycles. The fourth-order valence-corrected chi connectivity index (χ4v) is 3.31. The van der Waals surface area contributed by atoms with E-state index in [1.54, 1.807) is 0 Å². The number of nitrogens with zero attached hydrogens (tertiary/aromatic N) is 2. The minimum atomic E-state index is 0.125. The highest BCUT2D eigenvalue weighted by Gasteiger charge is 2.22. The van der Waals surface area contributed by atoms with Gasteiger partial charge in [-0.2, -0.15) is 0 Å². The Balaban J connectivity index is 1.86. The predicted octanol–water partition coefficient (Wildman–Crippen LogP) is 3.13. The first-order valence-corrected chi connectivity index (χ1v) is 7.42. The Kier molecular flexibility index (Phi) is 2.88. The van der Waals surface area contributed by atoms with E-state index in [2.05, 4.69) is 39.1 Å². The maximum absolute atomic E-state index is 11.1. The normalized spacial score (nSPS) is 19.2. The number of carbonyl (C=O) groups excluding carboxylic acids is 1. The van der Waals surface area contributed by atoms with E-state index in [1.807, 2.05) is 12.3 Å². The summed E-state index contributed by atoms with van der Waals surface area (Å²) in [4.78, 5) is 21.4. The van der Waals surface area contributed by atoms with Crippen molar-refractivity contribution < 1.29 is 4.79 Å². The highest BCUT2D eigenvalue weighted by molar-refractivity contribution is 6.10. The Morgan fingerprint density at radius 1 is 1.24 bits per heavy atom. The van der Waals surface area contributed by atoms with Gasteiger partial charge >= 0.3 is 0 Å². The maximum Gasteiger partial charge on any atom is 0.152 e. The number of nitrogens with one attached hydrogen (secondary N) is 1. The number of aldehydes is 1. The van der Waals surface area contributed by atoms with Crippen LogP contribution in [0.3, 0.4) is 0 Å². The van der Waals surface area contributed by atoms with Gasteiger partial charge in [0.05, 0.1) is 5.52 Å². The summed E-state index contributed by atoms with van der Waals surface area (Å²) in [5, 5.41) is 2.42. The number of anilines is 1. The fourth-order valence-electron chi connectivity index (χ4n) is 3.31. The smallest absolute Gasteiger partial charge is 0.152 e. The molecule has 1 N–H and O–H groups in total. The van der Waals surface area contributed by atoms with Gasteiger partial charge in [-0.3, -0.25) is 0 Å². The average Bonchev–Trinajstić information content (AvgIpc) is 2.93. The van der Waals surface area contributed by atoms with E-state index < -0.39 is 0 Å². The molecule has 1 unspecified atom stereocenters. The maximum atomic E-state index is 11.1. The van der Waals surface area contributed by atoms with Crippen LogP contribution >= 0.6 is 0 Å². The molecule has 106 valence electrons. The monoisotopic (exact) mass is 279 g/mol. The number of fused-ring (bicyclic) bond motifs is 3. The van der Waals surface area contributed by atoms with E-state index in [0.717, 1.165) is 49.1 Å². The molecule has 1 fully saturated rings. The van der Waals surface area contributed by atoms with Gasteiger partial charge in [0, 0.05) is 41.5 Å². The Morgan fingerprint density at radius 2 is 2.14 bits per heavy atom. The summed E-state index contributed by atoms with van der Waals surface area (Å²) in [6, 6.07) is 10.4. The van der Waals surface area contributed by atoms with E-state index in [4.69, 9.17) is 0 Å². The van der Waals surface area contributed by atoms with Crippen molar-refractivity contribution >= 4 is 33.9 Å². The van der Waals surface area contributed by atoms with Crippen molar-refractivity contribution in [3.63, 3.8) is 0 Å². The third-order valence-electron chi connectivity index (χ3n) is 4.36. The molecule has 1 aliphatic rings. The van der Waals surface area contributed by atoms with Gasteiger partial charge in [-0.05, 0) is 25.0 Å². The molecule has 4 nitrogen and oxygen atoms in total. The van der Waals surface area contributed by atoms with Crippen LogP contribution in [0.5, 0.6) is 0 Å². The lowest BCUT2D eigenvalue weighted by atomic mass is 9.99. The SMILES string of the molecule is O=CC1CCCN(c2nccc3c2[nH]c2ccccc23)C1. The second kappa shape index (κ2) is 4.88. The molecule has 21 heavy (non-hydrogen) atoms. The Labute approximate surface area is 122 Å². The molecule has 1 atom stereocenters. The van der Waals surface area contributed by atoms with Crippen LogP contribution in [-0.2, 0) is 4.79 Å². The Hall–Kier alpha value is -2.36. The van der Waals surface area contributed by atoms with Crippen molar-refractivity contribution in [1.29, 1.82) is 0 Å². The van der Waals surface area contributed by atoms with E-state index in [0.29, 0.717) is 0 Å². The van der Waals surface area contributed by atoms with Crippen LogP contribution in [0.1, 0.15) is 12.8 Å². The number of hydrogen-bond donors (Lipinski definition) is 1. The minimum absolute atomic E-state index is 0.125. The van der Waals surface area contributed by atoms with Gasteiger partial charge in [0.2, 0.25) is 0 Å². The third-order valence-corrected chi connectivity index (χ3v) is 4.36. The van der Waals surface area contributed by atoms with Gasteiger partial charge in [0.25, 0.3) is 0 Å². The quantitative estimate of drug-likeness (QED) is 0.733. The summed E-state index contributed by atoms with van der Waals surface area (Å²) in [7, 11) is 0. The summed E-state index contributed by atoms with van der Waals surface area (Å²) in [5.74, 6) is 1.09. The van der Waals surface area contributed by atoms with Gasteiger partial charge in [-0.15, -0.1) is 0 Å². The van der Waals surface area contributed by atoms with Gasteiger partial charge in [0.1, 0.15) is 6.29 Å². The summed E-state index contributed by atoms with van der Waals surface area (Å²) in [5.41, 5.74) is 2.20. The first-order chi connectivity index (χ1) is 10.4. The predicted molar refractivity (Wildman–Crippen MR) is 84.6 cm³/mol. The van der Waals surface area contributed by atoms with Gasteiger partial charge in [0.15, 0.2) is 5.82 Å². The molecule has 3 heterocycles. The molecule has 0 amide bonds. The van der Waals surface area contributed by atoms with Crippen molar-refractivity contribution in [2.75, 3.05) is 18.0 Å². The largest absolute Gasteiger partial charge is 0.354 e. The van der Waals surface area contributed by atoms with Crippen molar-refractivity contribution in [1.82, 2.24) is 9.97 Å². The van der Waals surface area contributed by atoms with E-state index in [1.165, 1.54) is 10.8 Å². The zero-order chi connectivity index (χ0) is 14.2. The molecular formula is C17H17N3O. The number of hydrogen-bond acceptors (Lipinski definition) is 3. The standard InChI is InChI=1S/C17H17N3O/c21-11-12-4-3-9-20(10-12)17-16-14(7-8-18-17)13-5-1-2-6-15(13)19-16/h1-2,5-8,11-12,19H,3-4,9-10H2. The first kappa shape index (κ1) is 12.4. The molecule has 2 aromatic heterocycles. The molecule has 4 heteroatoms. The summed E-state index contributed by atoms with van der Waals surface area (Å²) >= 11 is 0. The van der Waals surface area contributed by atoms with E-state index >= 15 is 0 Å². The second-order valence-corrected chi connectivity index (χ2v) is 5.71. The Bertz CT molecular complexity index is 808. The van der Waals surface area contributed by atoms with Gasteiger partial charge in [-0.1, -0.05) is 18.2 Å². The molecule has 0 saturated carbocycles. The Morgan fingerprint density at radius 3 is 3.05 bits per heavy atom. The van der Waals surface area contributed by atoms with Gasteiger partial charge in [-0.25, -0.2) is 4.98 Å². The summed E-state index contributed by atoms with van der Waals surface area (Å²) in [6.45, 7) is 1.73. The van der Waals surface area contributed by atoms with Crippen LogP contribution in [0.2, 0.25) is 0 Å². The molecule has 0 aliphatic carbocycles. The van der Waals surface area contributed by atoms with Gasteiger partial charge < -0.3 is 14.7 Å². The minimum Gasteiger partial charge on any atom is -0.354 e. The summed E-state index contributed by atoms with van der Waals surface area (Å²) in [6.07, 6.45) is 4.98. The van der Waals surface area contributed by atoms with E-state index in [-0.39, 0.29) is 5.92 Å². The average molecular weight is 279 g/mol. The number of pyridine rings is 1. The molecule has 1 aromatic carbocycles. The molecule has 3 aromatic rings. The van der Waals surface area contributed by atoms with Crippen LogP contribution < -0.4 is 4.90 Å². The number of aromatic amines is 1. The number of rotatable bonds is 2. The zero-order valence-corrected chi connectivity index (χ0v) is 11.7. The second-order valence-electron chi connectivity index (χ2n) is 5.71. The lowest BCUT2D eigenvalue weighted by molar-refractivity contribution is -0.111. The molecule has 0 radical (unpaired) electrons. The molecule has 0 bridgehead atoms. The topological polar surface area (TPSA) is 49.0 Å². The third kappa shape index (κ3) is 1.98. The molecular weight excluding hydrogens is 262 g/mol. The van der Waals surface area contributed by atoms with E-state index in [9.17, 15) is 4.79 Å². The molecule has 1 saturated heterocycles. The van der Waals surface area contributed by atoms with Crippen LogP contribution in [0.4, 0.5) is 5.82 Å². The lowest BCUT2D eigenvalue weighted by Gasteiger charge is -2.31. The highest BCUT2D eigenvalue weighted by atomic mass is 16.1. The van der Waals surface area contributed by atoms with Crippen molar-refractivity contribution in [3.05, 3.63) is 36.5 Å². The van der Waals surface area contributed by atoms with Crippen LogP contribution in [0.25, 0.3) is 21.8 Å². The lowest BCUT2D eigenvalue weighted by Crippen LogP contribution is -2.36.